The molecular formula is C22H27ClN2O4S. The predicted molar refractivity (Wildman–Crippen MR) is 117 cm³/mol. The summed E-state index contributed by atoms with van der Waals surface area (Å²) >= 11 is 6.03. The molecule has 1 aliphatic rings. The van der Waals surface area contributed by atoms with Crippen LogP contribution in [0.25, 0.3) is 0 Å². The van der Waals surface area contributed by atoms with Crippen molar-refractivity contribution in [3.8, 4) is 5.75 Å². The first-order chi connectivity index (χ1) is 14.4. The molecular weight excluding hydrogens is 424 g/mol. The highest BCUT2D eigenvalue weighted by Gasteiger charge is 2.30. The van der Waals surface area contributed by atoms with Crippen LogP contribution in [-0.2, 0) is 21.2 Å². The summed E-state index contributed by atoms with van der Waals surface area (Å²) in [5, 5.41) is 3.20. The second-order valence-electron chi connectivity index (χ2n) is 7.48. The Morgan fingerprint density at radius 2 is 1.87 bits per heavy atom. The van der Waals surface area contributed by atoms with E-state index in [0.29, 0.717) is 18.1 Å². The van der Waals surface area contributed by atoms with Crippen LogP contribution in [0.5, 0.6) is 5.75 Å². The number of hydrogen-bond acceptors (Lipinski definition) is 4. The minimum absolute atomic E-state index is 0.00169. The van der Waals surface area contributed by atoms with Crippen molar-refractivity contribution in [2.45, 2.75) is 43.5 Å². The number of halogens is 1. The third-order valence-corrected chi connectivity index (χ3v) is 7.22. The number of benzene rings is 2. The number of nitrogens with zero attached hydrogens (tertiary/aromatic N) is 1. The molecule has 0 aromatic heterocycles. The predicted octanol–water partition coefficient (Wildman–Crippen LogP) is 3.64. The second kappa shape index (κ2) is 10.3. The van der Waals surface area contributed by atoms with Crippen molar-refractivity contribution in [3.63, 3.8) is 0 Å². The molecule has 6 nitrogen and oxygen atoms in total. The van der Waals surface area contributed by atoms with E-state index in [4.69, 9.17) is 16.3 Å². The Hall–Kier alpha value is -2.09. The average Bonchev–Trinajstić information content (AvgIpc) is 3.28. The lowest BCUT2D eigenvalue weighted by Gasteiger charge is -2.19. The Morgan fingerprint density at radius 1 is 1.17 bits per heavy atom. The molecule has 30 heavy (non-hydrogen) atoms. The van der Waals surface area contributed by atoms with Crippen LogP contribution in [0.3, 0.4) is 0 Å². The molecule has 0 bridgehead atoms. The quantitative estimate of drug-likeness (QED) is 0.632. The minimum Gasteiger partial charge on any atom is -0.482 e. The molecule has 1 aliphatic heterocycles. The van der Waals surface area contributed by atoms with Crippen molar-refractivity contribution in [3.05, 3.63) is 59.1 Å². The molecule has 8 heteroatoms. The van der Waals surface area contributed by atoms with Gasteiger partial charge in [-0.2, -0.15) is 4.31 Å². The topological polar surface area (TPSA) is 75.7 Å². The lowest BCUT2D eigenvalue weighted by atomic mass is 10.1. The fraction of sp³-hybridized carbons (Fsp3) is 0.409. The highest BCUT2D eigenvalue weighted by Crippen LogP contribution is 2.31. The van der Waals surface area contributed by atoms with Crippen LogP contribution in [-0.4, -0.2) is 44.4 Å². The molecule has 1 atom stereocenters. The normalized spacial score (nSPS) is 15.7. The fourth-order valence-electron chi connectivity index (χ4n) is 3.43. The van der Waals surface area contributed by atoms with Crippen molar-refractivity contribution < 1.29 is 17.9 Å². The highest BCUT2D eigenvalue weighted by atomic mass is 35.5. The maximum Gasteiger partial charge on any atom is 0.258 e. The molecule has 1 fully saturated rings. The van der Waals surface area contributed by atoms with E-state index in [9.17, 15) is 13.2 Å². The smallest absolute Gasteiger partial charge is 0.258 e. The zero-order valence-electron chi connectivity index (χ0n) is 17.0. The first kappa shape index (κ1) is 22.6. The van der Waals surface area contributed by atoms with Crippen molar-refractivity contribution in [1.82, 2.24) is 9.62 Å². The molecule has 3 rings (SSSR count). The summed E-state index contributed by atoms with van der Waals surface area (Å²) in [7, 11) is -3.71. The molecule has 0 radical (unpaired) electrons. The van der Waals surface area contributed by atoms with Crippen LogP contribution in [0, 0.1) is 0 Å². The highest BCUT2D eigenvalue weighted by molar-refractivity contribution is 7.89. The summed E-state index contributed by atoms with van der Waals surface area (Å²) in [4.78, 5) is 12.3. The van der Waals surface area contributed by atoms with Crippen molar-refractivity contribution >= 4 is 27.5 Å². The molecule has 1 amide bonds. The SMILES string of the molecule is C[C@@H](CCc1ccccc1)NC(=O)COc1ccc(Cl)cc1S(=O)(=O)N1CCCC1. The van der Waals surface area contributed by atoms with E-state index in [1.807, 2.05) is 25.1 Å². The number of carbonyl (C=O) groups is 1. The van der Waals surface area contributed by atoms with E-state index in [2.05, 4.69) is 17.4 Å². The van der Waals surface area contributed by atoms with Crippen molar-refractivity contribution in [2.24, 2.45) is 0 Å². The number of ether oxygens (including phenoxy) is 1. The number of amides is 1. The van der Waals surface area contributed by atoms with Gasteiger partial charge < -0.3 is 10.1 Å². The minimum atomic E-state index is -3.71. The van der Waals surface area contributed by atoms with E-state index < -0.39 is 10.0 Å². The summed E-state index contributed by atoms with van der Waals surface area (Å²) in [6.07, 6.45) is 3.32. The molecule has 0 aliphatic carbocycles. The zero-order valence-corrected chi connectivity index (χ0v) is 18.6. The van der Waals surface area contributed by atoms with Gasteiger partial charge in [0.1, 0.15) is 10.6 Å². The number of hydrogen-bond donors (Lipinski definition) is 1. The molecule has 1 heterocycles. The van der Waals surface area contributed by atoms with Gasteiger partial charge in [0.25, 0.3) is 5.91 Å². The molecule has 0 spiro atoms. The summed E-state index contributed by atoms with van der Waals surface area (Å²) in [6, 6.07) is 14.5. The molecule has 0 saturated carbocycles. The van der Waals surface area contributed by atoms with E-state index in [-0.39, 0.29) is 29.2 Å². The molecule has 1 N–H and O–H groups in total. The molecule has 1 saturated heterocycles. The van der Waals surface area contributed by atoms with Gasteiger partial charge in [-0.05, 0) is 56.4 Å². The van der Waals surface area contributed by atoms with Crippen LogP contribution >= 0.6 is 11.6 Å². The Morgan fingerprint density at radius 3 is 2.57 bits per heavy atom. The van der Waals surface area contributed by atoms with E-state index in [1.54, 1.807) is 6.07 Å². The first-order valence-electron chi connectivity index (χ1n) is 10.1. The molecule has 162 valence electrons. The van der Waals surface area contributed by atoms with E-state index >= 15 is 0 Å². The Balaban J connectivity index is 1.58. The number of carbonyl (C=O) groups excluding carboxylic acids is 1. The largest absolute Gasteiger partial charge is 0.482 e. The number of aryl methyl sites for hydroxylation is 1. The van der Waals surface area contributed by atoms with Crippen LogP contribution in [0.2, 0.25) is 5.02 Å². The fourth-order valence-corrected chi connectivity index (χ4v) is 5.34. The first-order valence-corrected chi connectivity index (χ1v) is 11.9. The van der Waals surface area contributed by atoms with Gasteiger partial charge >= 0.3 is 0 Å². The van der Waals surface area contributed by atoms with Gasteiger partial charge in [0.15, 0.2) is 6.61 Å². The number of rotatable bonds is 9. The maximum absolute atomic E-state index is 12.9. The maximum atomic E-state index is 12.9. The lowest BCUT2D eigenvalue weighted by Crippen LogP contribution is -2.36. The molecule has 2 aromatic rings. The molecule has 2 aromatic carbocycles. The van der Waals surface area contributed by atoms with Crippen LogP contribution in [0.1, 0.15) is 31.7 Å². The van der Waals surface area contributed by atoms with Gasteiger partial charge in [0.2, 0.25) is 10.0 Å². The number of sulfonamides is 1. The van der Waals surface area contributed by atoms with Crippen molar-refractivity contribution in [2.75, 3.05) is 19.7 Å². The van der Waals surface area contributed by atoms with Crippen LogP contribution in [0.15, 0.2) is 53.4 Å². The van der Waals surface area contributed by atoms with Crippen LogP contribution < -0.4 is 10.1 Å². The van der Waals surface area contributed by atoms with Gasteiger partial charge in [-0.15, -0.1) is 0 Å². The van der Waals surface area contributed by atoms with E-state index in [1.165, 1.54) is 22.0 Å². The molecule has 0 unspecified atom stereocenters. The summed E-state index contributed by atoms with van der Waals surface area (Å²) in [5.74, 6) is -0.159. The standard InChI is InChI=1S/C22H27ClN2O4S/c1-17(9-10-18-7-3-2-4-8-18)24-22(26)16-29-20-12-11-19(23)15-21(20)30(27,28)25-13-5-6-14-25/h2-4,7-8,11-12,15,17H,5-6,9-10,13-14,16H2,1H3,(H,24,26)/t17-/m0/s1. The Bertz CT molecular complexity index is 960. The summed E-state index contributed by atoms with van der Waals surface area (Å²) in [5.41, 5.74) is 1.22. The zero-order chi connectivity index (χ0) is 21.6. The third-order valence-electron chi connectivity index (χ3n) is 5.06. The monoisotopic (exact) mass is 450 g/mol. The van der Waals surface area contributed by atoms with Gasteiger partial charge in [0.05, 0.1) is 0 Å². The third kappa shape index (κ3) is 5.97. The Kier molecular flexibility index (Phi) is 7.75. The summed E-state index contributed by atoms with van der Waals surface area (Å²) < 4.78 is 32.9. The van der Waals surface area contributed by atoms with Gasteiger partial charge in [-0.3, -0.25) is 4.79 Å². The average molecular weight is 451 g/mol. The van der Waals surface area contributed by atoms with E-state index in [0.717, 1.165) is 25.7 Å². The second-order valence-corrected chi connectivity index (χ2v) is 9.83. The lowest BCUT2D eigenvalue weighted by molar-refractivity contribution is -0.123. The summed E-state index contributed by atoms with van der Waals surface area (Å²) in [6.45, 7) is 2.63. The van der Waals surface area contributed by atoms with Gasteiger partial charge in [-0.1, -0.05) is 41.9 Å². The number of nitrogens with one attached hydrogen (secondary N) is 1. The van der Waals surface area contributed by atoms with Crippen molar-refractivity contribution in [1.29, 1.82) is 0 Å². The Labute approximate surface area is 183 Å². The van der Waals surface area contributed by atoms with Crippen LogP contribution in [0.4, 0.5) is 0 Å². The van der Waals surface area contributed by atoms with Gasteiger partial charge in [0, 0.05) is 24.2 Å². The van der Waals surface area contributed by atoms with Gasteiger partial charge in [-0.25, -0.2) is 8.42 Å².